The van der Waals surface area contributed by atoms with Crippen LogP contribution < -0.4 is 5.32 Å². The van der Waals surface area contributed by atoms with Gasteiger partial charge in [-0.2, -0.15) is 0 Å². The van der Waals surface area contributed by atoms with E-state index < -0.39 is 0 Å². The van der Waals surface area contributed by atoms with Gasteiger partial charge in [0.05, 0.1) is 0 Å². The summed E-state index contributed by atoms with van der Waals surface area (Å²) >= 11 is 0. The summed E-state index contributed by atoms with van der Waals surface area (Å²) in [6.07, 6.45) is 2.01. The predicted octanol–water partition coefficient (Wildman–Crippen LogP) is 2.03. The molecule has 1 amide bonds. The first-order chi connectivity index (χ1) is 7.46. The van der Waals surface area contributed by atoms with E-state index in [-0.39, 0.29) is 24.1 Å². The Balaban J connectivity index is 0.00000144. The van der Waals surface area contributed by atoms with Crippen LogP contribution >= 0.6 is 12.4 Å². The average Bonchev–Trinajstić information content (AvgIpc) is 2.23. The van der Waals surface area contributed by atoms with Crippen LogP contribution in [0, 0.1) is 5.92 Å². The van der Waals surface area contributed by atoms with E-state index in [9.17, 15) is 4.79 Å². The Labute approximate surface area is 109 Å². The molecule has 0 radical (unpaired) electrons. The fraction of sp³-hybridized carbons (Fsp3) is 0.917. The number of carbonyl (C=O) groups is 1. The number of halogens is 1. The van der Waals surface area contributed by atoms with E-state index in [1.807, 2.05) is 25.7 Å². The fourth-order valence-corrected chi connectivity index (χ4v) is 2.33. The Morgan fingerprint density at radius 2 is 1.94 bits per heavy atom. The highest BCUT2D eigenvalue weighted by Crippen LogP contribution is 2.25. The summed E-state index contributed by atoms with van der Waals surface area (Å²) in [5.74, 6) is 0.771. The van der Waals surface area contributed by atoms with E-state index >= 15 is 0 Å². The number of rotatable bonds is 0. The highest BCUT2D eigenvalue weighted by Gasteiger charge is 2.34. The maximum Gasteiger partial charge on any atom is 0.410 e. The summed E-state index contributed by atoms with van der Waals surface area (Å²) in [6, 6.07) is 0.632. The Kier molecular flexibility index (Phi) is 4.67. The Bertz CT molecular complexity index is 264. The van der Waals surface area contributed by atoms with Gasteiger partial charge in [0, 0.05) is 19.1 Å². The number of amides is 1. The molecule has 0 spiro atoms. The number of ether oxygens (including phenoxy) is 1. The van der Waals surface area contributed by atoms with Gasteiger partial charge in [-0.05, 0) is 46.1 Å². The average molecular weight is 263 g/mol. The van der Waals surface area contributed by atoms with Gasteiger partial charge < -0.3 is 15.0 Å². The van der Waals surface area contributed by atoms with E-state index in [1.54, 1.807) is 0 Å². The lowest BCUT2D eigenvalue weighted by Crippen LogP contribution is -2.52. The van der Waals surface area contributed by atoms with E-state index in [1.165, 1.54) is 0 Å². The van der Waals surface area contributed by atoms with Crippen molar-refractivity contribution in [3.8, 4) is 0 Å². The number of likely N-dealkylation sites (tertiary alicyclic amines) is 1. The zero-order valence-electron chi connectivity index (χ0n) is 10.9. The van der Waals surface area contributed by atoms with Crippen molar-refractivity contribution in [2.75, 3.05) is 19.6 Å². The third-order valence-electron chi connectivity index (χ3n) is 3.34. The molecule has 2 aliphatic heterocycles. The van der Waals surface area contributed by atoms with E-state index in [0.29, 0.717) is 6.04 Å². The normalized spacial score (nSPS) is 28.3. The smallest absolute Gasteiger partial charge is 0.410 e. The first-order valence-electron chi connectivity index (χ1n) is 6.17. The Hall–Kier alpha value is -0.480. The van der Waals surface area contributed by atoms with Gasteiger partial charge in [0.1, 0.15) is 5.60 Å². The van der Waals surface area contributed by atoms with Crippen molar-refractivity contribution >= 4 is 18.5 Å². The standard InChI is InChI=1S/C12H22N2O2.ClH/c1-12(2,3)16-11(15)14-6-4-9-8-13-10(9)5-7-14;/h9-10,13H,4-8H2,1-3H3;1H/t9-,10-;/m1./s1. The van der Waals surface area contributed by atoms with E-state index in [2.05, 4.69) is 5.32 Å². The van der Waals surface area contributed by atoms with Gasteiger partial charge in [-0.25, -0.2) is 4.79 Å². The van der Waals surface area contributed by atoms with Crippen molar-refractivity contribution < 1.29 is 9.53 Å². The van der Waals surface area contributed by atoms with Gasteiger partial charge in [0.15, 0.2) is 0 Å². The van der Waals surface area contributed by atoms with Gasteiger partial charge >= 0.3 is 6.09 Å². The molecule has 2 rings (SSSR count). The van der Waals surface area contributed by atoms with Crippen LogP contribution in [0.1, 0.15) is 33.6 Å². The molecule has 17 heavy (non-hydrogen) atoms. The monoisotopic (exact) mass is 262 g/mol. The van der Waals surface area contributed by atoms with E-state index in [0.717, 1.165) is 38.4 Å². The van der Waals surface area contributed by atoms with E-state index in [4.69, 9.17) is 4.74 Å². The summed E-state index contributed by atoms with van der Waals surface area (Å²) < 4.78 is 5.39. The second-order valence-electron chi connectivity index (χ2n) is 5.82. The van der Waals surface area contributed by atoms with Crippen LogP contribution in [-0.2, 0) is 4.74 Å². The van der Waals surface area contributed by atoms with Crippen LogP contribution in [-0.4, -0.2) is 42.3 Å². The molecule has 0 aromatic carbocycles. The summed E-state index contributed by atoms with van der Waals surface area (Å²) in [5, 5.41) is 3.42. The molecule has 2 fully saturated rings. The molecular weight excluding hydrogens is 240 g/mol. The number of nitrogens with one attached hydrogen (secondary N) is 1. The molecule has 2 atom stereocenters. The first kappa shape index (κ1) is 14.6. The molecule has 1 N–H and O–H groups in total. The zero-order valence-corrected chi connectivity index (χ0v) is 11.7. The Morgan fingerprint density at radius 1 is 1.29 bits per heavy atom. The number of fused-ring (bicyclic) bond motifs is 1. The quantitative estimate of drug-likeness (QED) is 0.726. The molecule has 0 aromatic rings. The Morgan fingerprint density at radius 3 is 2.47 bits per heavy atom. The van der Waals surface area contributed by atoms with Crippen LogP contribution in [0.15, 0.2) is 0 Å². The van der Waals surface area contributed by atoms with Gasteiger partial charge in [-0.3, -0.25) is 0 Å². The van der Waals surface area contributed by atoms with Crippen LogP contribution in [0.2, 0.25) is 0 Å². The highest BCUT2D eigenvalue weighted by atomic mass is 35.5. The van der Waals surface area contributed by atoms with Crippen molar-refractivity contribution in [3.05, 3.63) is 0 Å². The highest BCUT2D eigenvalue weighted by molar-refractivity contribution is 5.85. The van der Waals surface area contributed by atoms with Crippen LogP contribution in [0.4, 0.5) is 4.79 Å². The molecule has 0 bridgehead atoms. The number of hydrogen-bond acceptors (Lipinski definition) is 3. The molecule has 100 valence electrons. The largest absolute Gasteiger partial charge is 0.444 e. The maximum absolute atomic E-state index is 11.9. The lowest BCUT2D eigenvalue weighted by Gasteiger charge is -2.36. The minimum absolute atomic E-state index is 0. The SMILES string of the molecule is CC(C)(C)OC(=O)N1CC[C@@H]2CN[C@@H]2CC1.Cl. The first-order valence-corrected chi connectivity index (χ1v) is 6.17. The second-order valence-corrected chi connectivity index (χ2v) is 5.82. The van der Waals surface area contributed by atoms with Crippen molar-refractivity contribution in [1.29, 1.82) is 0 Å². The zero-order chi connectivity index (χ0) is 11.8. The summed E-state index contributed by atoms with van der Waals surface area (Å²) in [4.78, 5) is 13.7. The van der Waals surface area contributed by atoms with Gasteiger partial charge in [0.25, 0.3) is 0 Å². The molecule has 4 nitrogen and oxygen atoms in total. The maximum atomic E-state index is 11.9. The molecule has 0 aliphatic carbocycles. The van der Waals surface area contributed by atoms with Gasteiger partial charge in [-0.1, -0.05) is 0 Å². The molecule has 2 saturated heterocycles. The molecule has 2 aliphatic rings. The predicted molar refractivity (Wildman–Crippen MR) is 69.6 cm³/mol. The minimum atomic E-state index is -0.388. The van der Waals surface area contributed by atoms with Gasteiger partial charge in [-0.15, -0.1) is 12.4 Å². The topological polar surface area (TPSA) is 41.6 Å². The van der Waals surface area contributed by atoms with Crippen molar-refractivity contribution in [2.45, 2.75) is 45.3 Å². The van der Waals surface area contributed by atoms with Crippen LogP contribution in [0.5, 0.6) is 0 Å². The molecule has 0 saturated carbocycles. The molecule has 0 aromatic heterocycles. The molecule has 0 unspecified atom stereocenters. The summed E-state index contributed by atoms with van der Waals surface area (Å²) in [5.41, 5.74) is -0.388. The summed E-state index contributed by atoms with van der Waals surface area (Å²) in [7, 11) is 0. The molecular formula is C12H23ClN2O2. The molecule has 2 heterocycles. The van der Waals surface area contributed by atoms with Crippen molar-refractivity contribution in [1.82, 2.24) is 10.2 Å². The van der Waals surface area contributed by atoms with Crippen LogP contribution in [0.25, 0.3) is 0 Å². The summed E-state index contributed by atoms with van der Waals surface area (Å²) in [6.45, 7) is 8.52. The lowest BCUT2D eigenvalue weighted by molar-refractivity contribution is 0.0256. The van der Waals surface area contributed by atoms with Crippen molar-refractivity contribution in [3.63, 3.8) is 0 Å². The fourth-order valence-electron chi connectivity index (χ4n) is 2.33. The molecule has 5 heteroatoms. The number of nitrogens with zero attached hydrogens (tertiary/aromatic N) is 1. The second kappa shape index (κ2) is 5.44. The van der Waals surface area contributed by atoms with Crippen molar-refractivity contribution in [2.24, 2.45) is 5.92 Å². The third kappa shape index (κ3) is 3.75. The third-order valence-corrected chi connectivity index (χ3v) is 3.34. The van der Waals surface area contributed by atoms with Gasteiger partial charge in [0.2, 0.25) is 0 Å². The minimum Gasteiger partial charge on any atom is -0.444 e. The van der Waals surface area contributed by atoms with Crippen LogP contribution in [0.3, 0.4) is 0 Å². The number of hydrogen-bond donors (Lipinski definition) is 1. The number of carbonyl (C=O) groups excluding carboxylic acids is 1. The lowest BCUT2D eigenvalue weighted by atomic mass is 9.88.